The third kappa shape index (κ3) is 3.24. The van der Waals surface area contributed by atoms with E-state index in [2.05, 4.69) is 25.9 Å². The summed E-state index contributed by atoms with van der Waals surface area (Å²) < 4.78 is 7.60. The van der Waals surface area contributed by atoms with Gasteiger partial charge in [-0.3, -0.25) is 0 Å². The number of fused-ring (bicyclic) bond motifs is 3. The highest BCUT2D eigenvalue weighted by Gasteiger charge is 2.40. The van der Waals surface area contributed by atoms with Crippen LogP contribution in [0.25, 0.3) is 16.7 Å². The van der Waals surface area contributed by atoms with Crippen molar-refractivity contribution in [2.45, 2.75) is 44.4 Å². The molecule has 0 saturated carbocycles. The molecule has 5 heterocycles. The number of hydrogen-bond acceptors (Lipinski definition) is 7. The fourth-order valence-corrected chi connectivity index (χ4v) is 5.37. The number of aryl methyl sites for hydroxylation is 1. The molecule has 1 unspecified atom stereocenters. The van der Waals surface area contributed by atoms with E-state index in [0.717, 1.165) is 60.8 Å². The number of rotatable bonds is 3. The number of halogens is 1. The summed E-state index contributed by atoms with van der Waals surface area (Å²) in [5, 5.41) is 16.6. The van der Waals surface area contributed by atoms with E-state index in [4.69, 9.17) is 21.3 Å². The van der Waals surface area contributed by atoms with Crippen LogP contribution in [-0.4, -0.2) is 68.8 Å². The molecule has 3 aliphatic rings. The van der Waals surface area contributed by atoms with Crippen molar-refractivity contribution >= 4 is 34.0 Å². The number of morpholine rings is 1. The predicted molar refractivity (Wildman–Crippen MR) is 119 cm³/mol. The number of aliphatic hydroxyl groups is 1. The summed E-state index contributed by atoms with van der Waals surface area (Å²) in [5.41, 5.74) is 1.14. The number of anilines is 2. The monoisotopic (exact) mass is 440 g/mol. The lowest BCUT2D eigenvalue weighted by Crippen LogP contribution is -2.37. The molecule has 3 atom stereocenters. The van der Waals surface area contributed by atoms with Gasteiger partial charge in [-0.15, -0.1) is 0 Å². The average Bonchev–Trinajstić information content (AvgIpc) is 3.50. The van der Waals surface area contributed by atoms with Gasteiger partial charge < -0.3 is 19.6 Å². The highest BCUT2D eigenvalue weighted by molar-refractivity contribution is 6.34. The molecular formula is C22H25ClN6O2. The largest absolute Gasteiger partial charge is 0.388 e. The van der Waals surface area contributed by atoms with Crippen molar-refractivity contribution in [3.63, 3.8) is 0 Å². The van der Waals surface area contributed by atoms with Gasteiger partial charge in [0.2, 0.25) is 0 Å². The van der Waals surface area contributed by atoms with Gasteiger partial charge in [-0.25, -0.2) is 14.6 Å². The second-order valence-electron chi connectivity index (χ2n) is 9.22. The molecule has 31 heavy (non-hydrogen) atoms. The standard InChI is InChI=1S/C22H25ClN6O2/c1-13-25-20(28-10-16-6-15(28)11-31-16)8-21(26-13)29-18-7-19(17(23)5-14(18)9-24-29)27-4-3-22(2,30)12-27/h5,7-9,15-16,30H,3-4,6,10-12H2,1-2H3/t15-,16-,22?/m0/s1. The van der Waals surface area contributed by atoms with E-state index < -0.39 is 5.60 Å². The Morgan fingerprint density at radius 1 is 1.23 bits per heavy atom. The number of hydrogen-bond donors (Lipinski definition) is 1. The first-order chi connectivity index (χ1) is 14.9. The fourth-order valence-electron chi connectivity index (χ4n) is 5.08. The van der Waals surface area contributed by atoms with Gasteiger partial charge >= 0.3 is 0 Å². The number of benzene rings is 1. The van der Waals surface area contributed by atoms with E-state index >= 15 is 0 Å². The van der Waals surface area contributed by atoms with Crippen molar-refractivity contribution < 1.29 is 9.84 Å². The van der Waals surface area contributed by atoms with Crippen molar-refractivity contribution in [2.24, 2.45) is 0 Å². The molecule has 1 N–H and O–H groups in total. The number of aromatic nitrogens is 4. The zero-order valence-corrected chi connectivity index (χ0v) is 18.4. The molecule has 0 radical (unpaired) electrons. The van der Waals surface area contributed by atoms with E-state index in [1.165, 1.54) is 0 Å². The normalized spacial score (nSPS) is 27.7. The molecular weight excluding hydrogens is 416 g/mol. The quantitative estimate of drug-likeness (QED) is 0.670. The maximum atomic E-state index is 10.4. The van der Waals surface area contributed by atoms with E-state index in [-0.39, 0.29) is 0 Å². The first-order valence-corrected chi connectivity index (χ1v) is 11.1. The van der Waals surface area contributed by atoms with Crippen LogP contribution in [0.2, 0.25) is 5.02 Å². The maximum Gasteiger partial charge on any atom is 0.159 e. The van der Waals surface area contributed by atoms with E-state index in [1.807, 2.05) is 36.9 Å². The van der Waals surface area contributed by atoms with Gasteiger partial charge in [-0.05, 0) is 38.8 Å². The van der Waals surface area contributed by atoms with E-state index in [9.17, 15) is 5.11 Å². The van der Waals surface area contributed by atoms with Gasteiger partial charge in [0.1, 0.15) is 11.6 Å². The third-order valence-electron chi connectivity index (χ3n) is 6.65. The second kappa shape index (κ2) is 6.79. The van der Waals surface area contributed by atoms with E-state index in [0.29, 0.717) is 29.5 Å². The Morgan fingerprint density at radius 2 is 2.06 bits per heavy atom. The molecule has 0 amide bonds. The lowest BCUT2D eigenvalue weighted by Gasteiger charge is -2.28. The van der Waals surface area contributed by atoms with Gasteiger partial charge in [0.25, 0.3) is 0 Å². The SMILES string of the molecule is Cc1nc(N2C[C@@H]3C[C@H]2CO3)cc(-n2ncc3cc(Cl)c(N4CCC(C)(O)C4)cc32)n1. The van der Waals surface area contributed by atoms with Gasteiger partial charge in [0.05, 0.1) is 46.8 Å². The molecule has 6 rings (SSSR count). The highest BCUT2D eigenvalue weighted by atomic mass is 35.5. The van der Waals surface area contributed by atoms with Crippen LogP contribution < -0.4 is 9.80 Å². The van der Waals surface area contributed by atoms with Crippen LogP contribution in [0.4, 0.5) is 11.5 Å². The first-order valence-electron chi connectivity index (χ1n) is 10.8. The minimum atomic E-state index is -0.698. The summed E-state index contributed by atoms with van der Waals surface area (Å²) in [5.74, 6) is 2.37. The Bertz CT molecular complexity index is 1180. The number of nitrogens with zero attached hydrogens (tertiary/aromatic N) is 6. The molecule has 1 aromatic carbocycles. The maximum absolute atomic E-state index is 10.4. The zero-order chi connectivity index (χ0) is 21.3. The van der Waals surface area contributed by atoms with Crippen molar-refractivity contribution in [3.8, 4) is 5.82 Å². The Morgan fingerprint density at radius 3 is 2.77 bits per heavy atom. The van der Waals surface area contributed by atoms with Crippen LogP contribution in [0.5, 0.6) is 0 Å². The highest BCUT2D eigenvalue weighted by Crippen LogP contribution is 2.36. The average molecular weight is 441 g/mol. The molecule has 3 saturated heterocycles. The fraction of sp³-hybridized carbons (Fsp3) is 0.500. The van der Waals surface area contributed by atoms with Crippen LogP contribution in [-0.2, 0) is 4.74 Å². The van der Waals surface area contributed by atoms with Crippen molar-refractivity contribution in [1.29, 1.82) is 0 Å². The Kier molecular flexibility index (Phi) is 4.22. The molecule has 162 valence electrons. The van der Waals surface area contributed by atoms with Crippen LogP contribution in [0.15, 0.2) is 24.4 Å². The van der Waals surface area contributed by atoms with Gasteiger partial charge in [-0.2, -0.15) is 5.10 Å². The Hall–Kier alpha value is -2.42. The van der Waals surface area contributed by atoms with Crippen LogP contribution in [0, 0.1) is 6.92 Å². The first kappa shape index (κ1) is 19.3. The summed E-state index contributed by atoms with van der Waals surface area (Å²) in [6, 6.07) is 6.38. The van der Waals surface area contributed by atoms with Crippen LogP contribution >= 0.6 is 11.6 Å². The molecule has 9 heteroatoms. The van der Waals surface area contributed by atoms with E-state index in [1.54, 1.807) is 0 Å². The lowest BCUT2D eigenvalue weighted by atomic mass is 10.1. The Balaban J connectivity index is 1.41. The smallest absolute Gasteiger partial charge is 0.159 e. The minimum absolute atomic E-state index is 0.302. The van der Waals surface area contributed by atoms with Crippen molar-refractivity contribution in [3.05, 3.63) is 35.2 Å². The van der Waals surface area contributed by atoms with Gasteiger partial charge in [0.15, 0.2) is 5.82 Å². The minimum Gasteiger partial charge on any atom is -0.388 e. The van der Waals surface area contributed by atoms with Gasteiger partial charge in [-0.1, -0.05) is 11.6 Å². The summed E-state index contributed by atoms with van der Waals surface area (Å²) in [4.78, 5) is 13.8. The molecule has 0 aliphatic carbocycles. The number of ether oxygens (including phenoxy) is 1. The summed E-state index contributed by atoms with van der Waals surface area (Å²) in [7, 11) is 0. The van der Waals surface area contributed by atoms with Crippen molar-refractivity contribution in [1.82, 2.24) is 19.7 Å². The van der Waals surface area contributed by atoms with Crippen molar-refractivity contribution in [2.75, 3.05) is 36.0 Å². The van der Waals surface area contributed by atoms with Gasteiger partial charge in [0, 0.05) is 31.1 Å². The van der Waals surface area contributed by atoms with Crippen LogP contribution in [0.3, 0.4) is 0 Å². The summed E-state index contributed by atoms with van der Waals surface area (Å²) in [6.45, 7) is 6.73. The molecule has 3 fully saturated rings. The summed E-state index contributed by atoms with van der Waals surface area (Å²) in [6.07, 6.45) is 3.89. The lowest BCUT2D eigenvalue weighted by molar-refractivity contribution is 0.0839. The third-order valence-corrected chi connectivity index (χ3v) is 6.95. The Labute approximate surface area is 185 Å². The van der Waals surface area contributed by atoms with Crippen LogP contribution in [0.1, 0.15) is 25.6 Å². The molecule has 8 nitrogen and oxygen atoms in total. The zero-order valence-electron chi connectivity index (χ0n) is 17.6. The molecule has 2 aromatic heterocycles. The molecule has 3 aromatic rings. The summed E-state index contributed by atoms with van der Waals surface area (Å²) >= 11 is 6.60. The molecule has 2 bridgehead atoms. The topological polar surface area (TPSA) is 79.5 Å². The molecule has 0 spiro atoms. The second-order valence-corrected chi connectivity index (χ2v) is 9.62. The molecule has 3 aliphatic heterocycles. The number of β-amino-alcohol motifs (C(OH)–C–C–N with tert-alkyl or cyclic N) is 1. The predicted octanol–water partition coefficient (Wildman–Crippen LogP) is 2.72.